The number of aliphatic hydroxyl groups excluding tert-OH is 1. The minimum atomic E-state index is -0.903. The van der Waals surface area contributed by atoms with Crippen LogP contribution in [0.1, 0.15) is 17.5 Å². The lowest BCUT2D eigenvalue weighted by molar-refractivity contribution is 0.208. The first kappa shape index (κ1) is 17.8. The molecule has 0 aliphatic rings. The van der Waals surface area contributed by atoms with E-state index in [1.165, 1.54) is 0 Å². The standard InChI is InChI=1S/C20H16Cl2N4O/c1-11-4-2-7-17(23-11)26-20(27)12-8-9-15-16(10-12)25-19(24-15)18-13(21)5-3-6-14(18)22/h2-10,20,27H,1H3,(H,23,26)(H,24,25). The highest BCUT2D eigenvalue weighted by Gasteiger charge is 2.15. The van der Waals surface area contributed by atoms with Gasteiger partial charge in [0.2, 0.25) is 0 Å². The van der Waals surface area contributed by atoms with E-state index >= 15 is 0 Å². The van der Waals surface area contributed by atoms with Crippen LogP contribution in [0, 0.1) is 6.92 Å². The molecule has 0 saturated heterocycles. The minimum absolute atomic E-state index is 0.522. The number of benzene rings is 2. The number of H-pyrrole nitrogens is 1. The summed E-state index contributed by atoms with van der Waals surface area (Å²) in [7, 11) is 0. The third-order valence-electron chi connectivity index (χ3n) is 4.19. The lowest BCUT2D eigenvalue weighted by Gasteiger charge is -2.14. The smallest absolute Gasteiger partial charge is 0.152 e. The van der Waals surface area contributed by atoms with Gasteiger partial charge < -0.3 is 15.4 Å². The summed E-state index contributed by atoms with van der Waals surface area (Å²) in [6.07, 6.45) is -0.903. The van der Waals surface area contributed by atoms with E-state index in [1.807, 2.05) is 43.3 Å². The van der Waals surface area contributed by atoms with Crippen molar-refractivity contribution in [3.8, 4) is 11.4 Å². The molecule has 4 aromatic rings. The summed E-state index contributed by atoms with van der Waals surface area (Å²) in [5.74, 6) is 1.19. The first-order chi connectivity index (χ1) is 13.0. The fourth-order valence-electron chi connectivity index (χ4n) is 2.89. The van der Waals surface area contributed by atoms with Gasteiger partial charge >= 0.3 is 0 Å². The Morgan fingerprint density at radius 1 is 1.00 bits per heavy atom. The number of aryl methyl sites for hydroxylation is 1. The maximum atomic E-state index is 10.5. The van der Waals surface area contributed by atoms with Gasteiger partial charge in [0.05, 0.1) is 26.6 Å². The summed E-state index contributed by atoms with van der Waals surface area (Å²) in [6, 6.07) is 16.4. The molecule has 7 heteroatoms. The van der Waals surface area contributed by atoms with Crippen LogP contribution in [0.2, 0.25) is 10.0 Å². The number of aromatic nitrogens is 3. The normalized spacial score (nSPS) is 12.3. The van der Waals surface area contributed by atoms with Crippen molar-refractivity contribution in [2.24, 2.45) is 0 Å². The van der Waals surface area contributed by atoms with Crippen molar-refractivity contribution >= 4 is 40.1 Å². The number of nitrogens with one attached hydrogen (secondary N) is 2. The SMILES string of the molecule is Cc1cccc(NC(O)c2ccc3nc(-c4c(Cl)cccc4Cl)[nH]c3c2)n1. The van der Waals surface area contributed by atoms with Crippen LogP contribution in [0.25, 0.3) is 22.4 Å². The number of anilines is 1. The number of nitrogens with zero attached hydrogens (tertiary/aromatic N) is 2. The molecule has 136 valence electrons. The molecule has 2 heterocycles. The van der Waals surface area contributed by atoms with E-state index in [2.05, 4.69) is 20.3 Å². The van der Waals surface area contributed by atoms with Crippen molar-refractivity contribution in [3.63, 3.8) is 0 Å². The van der Waals surface area contributed by atoms with Crippen molar-refractivity contribution in [2.45, 2.75) is 13.2 Å². The average Bonchev–Trinajstić information content (AvgIpc) is 3.04. The van der Waals surface area contributed by atoms with Gasteiger partial charge in [-0.05, 0) is 43.3 Å². The van der Waals surface area contributed by atoms with Crippen molar-refractivity contribution < 1.29 is 5.11 Å². The molecule has 2 aromatic carbocycles. The van der Waals surface area contributed by atoms with Crippen LogP contribution >= 0.6 is 23.2 Å². The maximum absolute atomic E-state index is 10.5. The highest BCUT2D eigenvalue weighted by Crippen LogP contribution is 2.34. The number of halogens is 2. The van der Waals surface area contributed by atoms with Crippen LogP contribution < -0.4 is 5.32 Å². The zero-order chi connectivity index (χ0) is 19.0. The summed E-state index contributed by atoms with van der Waals surface area (Å²) in [5.41, 5.74) is 3.74. The van der Waals surface area contributed by atoms with E-state index in [1.54, 1.807) is 18.2 Å². The fourth-order valence-corrected chi connectivity index (χ4v) is 3.46. The zero-order valence-electron chi connectivity index (χ0n) is 14.4. The molecule has 0 amide bonds. The Balaban J connectivity index is 1.66. The second-order valence-electron chi connectivity index (χ2n) is 6.17. The predicted octanol–water partition coefficient (Wildman–Crippen LogP) is 5.34. The lowest BCUT2D eigenvalue weighted by atomic mass is 10.1. The molecule has 27 heavy (non-hydrogen) atoms. The number of pyridine rings is 1. The predicted molar refractivity (Wildman–Crippen MR) is 109 cm³/mol. The van der Waals surface area contributed by atoms with E-state index < -0.39 is 6.23 Å². The highest BCUT2D eigenvalue weighted by molar-refractivity contribution is 6.39. The van der Waals surface area contributed by atoms with Crippen molar-refractivity contribution in [1.82, 2.24) is 15.0 Å². The Morgan fingerprint density at radius 3 is 2.48 bits per heavy atom. The van der Waals surface area contributed by atoms with Crippen LogP contribution in [0.4, 0.5) is 5.82 Å². The van der Waals surface area contributed by atoms with Gasteiger partial charge in [-0.25, -0.2) is 9.97 Å². The van der Waals surface area contributed by atoms with Gasteiger partial charge in [0.25, 0.3) is 0 Å². The van der Waals surface area contributed by atoms with Crippen molar-refractivity contribution in [3.05, 3.63) is 75.9 Å². The first-order valence-corrected chi connectivity index (χ1v) is 9.09. The van der Waals surface area contributed by atoms with E-state index in [-0.39, 0.29) is 0 Å². The van der Waals surface area contributed by atoms with Crippen LogP contribution in [-0.4, -0.2) is 20.1 Å². The van der Waals surface area contributed by atoms with Gasteiger partial charge in [-0.2, -0.15) is 0 Å². The summed E-state index contributed by atoms with van der Waals surface area (Å²) >= 11 is 12.5. The Morgan fingerprint density at radius 2 is 1.74 bits per heavy atom. The third-order valence-corrected chi connectivity index (χ3v) is 4.82. The van der Waals surface area contributed by atoms with Gasteiger partial charge in [-0.3, -0.25) is 0 Å². The molecule has 0 spiro atoms. The molecule has 1 unspecified atom stereocenters. The van der Waals surface area contributed by atoms with Gasteiger partial charge in [0, 0.05) is 11.3 Å². The largest absolute Gasteiger partial charge is 0.369 e. The fraction of sp³-hybridized carbons (Fsp3) is 0.100. The molecule has 0 aliphatic heterocycles. The van der Waals surface area contributed by atoms with E-state index in [0.717, 1.165) is 16.7 Å². The highest BCUT2D eigenvalue weighted by atomic mass is 35.5. The maximum Gasteiger partial charge on any atom is 0.152 e. The van der Waals surface area contributed by atoms with Crippen LogP contribution in [0.15, 0.2) is 54.6 Å². The Hall–Kier alpha value is -2.60. The molecule has 1 atom stereocenters. The monoisotopic (exact) mass is 398 g/mol. The number of aliphatic hydroxyl groups is 1. The Bertz CT molecular complexity index is 1110. The van der Waals surface area contributed by atoms with Gasteiger partial charge in [-0.1, -0.05) is 41.4 Å². The number of hydrogen-bond acceptors (Lipinski definition) is 4. The van der Waals surface area contributed by atoms with Gasteiger partial charge in [0.1, 0.15) is 11.6 Å². The molecule has 5 nitrogen and oxygen atoms in total. The molecule has 2 aromatic heterocycles. The number of hydrogen-bond donors (Lipinski definition) is 3. The molecule has 0 radical (unpaired) electrons. The summed E-state index contributed by atoms with van der Waals surface area (Å²) in [4.78, 5) is 12.1. The molecule has 0 fully saturated rings. The number of imidazole rings is 1. The third kappa shape index (κ3) is 3.62. The Labute approximate surface area is 166 Å². The average molecular weight is 399 g/mol. The number of rotatable bonds is 4. The van der Waals surface area contributed by atoms with E-state index in [4.69, 9.17) is 23.2 Å². The topological polar surface area (TPSA) is 73.8 Å². The molecule has 0 saturated carbocycles. The quantitative estimate of drug-likeness (QED) is 0.405. The summed E-state index contributed by atoms with van der Waals surface area (Å²) < 4.78 is 0. The lowest BCUT2D eigenvalue weighted by Crippen LogP contribution is -2.10. The molecule has 4 rings (SSSR count). The summed E-state index contributed by atoms with van der Waals surface area (Å²) in [6.45, 7) is 1.90. The van der Waals surface area contributed by atoms with Gasteiger partial charge in [0.15, 0.2) is 6.23 Å². The molecular formula is C20H16Cl2N4O. The minimum Gasteiger partial charge on any atom is -0.369 e. The van der Waals surface area contributed by atoms with E-state index in [0.29, 0.717) is 32.8 Å². The molecule has 0 aliphatic carbocycles. The van der Waals surface area contributed by atoms with Crippen LogP contribution in [0.3, 0.4) is 0 Å². The van der Waals surface area contributed by atoms with Crippen LogP contribution in [0.5, 0.6) is 0 Å². The number of fused-ring (bicyclic) bond motifs is 1. The summed E-state index contributed by atoms with van der Waals surface area (Å²) in [5, 5.41) is 14.5. The van der Waals surface area contributed by atoms with Gasteiger partial charge in [-0.15, -0.1) is 0 Å². The molecule has 0 bridgehead atoms. The number of aromatic amines is 1. The van der Waals surface area contributed by atoms with Crippen molar-refractivity contribution in [2.75, 3.05) is 5.32 Å². The van der Waals surface area contributed by atoms with Crippen molar-refractivity contribution in [1.29, 1.82) is 0 Å². The van der Waals surface area contributed by atoms with Crippen LogP contribution in [-0.2, 0) is 0 Å². The molecule has 3 N–H and O–H groups in total. The molecular weight excluding hydrogens is 383 g/mol. The second kappa shape index (κ2) is 7.19. The van der Waals surface area contributed by atoms with E-state index in [9.17, 15) is 5.11 Å². The second-order valence-corrected chi connectivity index (χ2v) is 6.98. The Kier molecular flexibility index (Phi) is 4.74. The zero-order valence-corrected chi connectivity index (χ0v) is 15.9. The first-order valence-electron chi connectivity index (χ1n) is 8.33.